The van der Waals surface area contributed by atoms with Crippen molar-refractivity contribution in [3.05, 3.63) is 66.1 Å². The topological polar surface area (TPSA) is 41.5 Å². The summed E-state index contributed by atoms with van der Waals surface area (Å²) >= 11 is 12.8. The SMILES string of the molecule is CC(C)(C)[C@H]1CCc2c(sc(N=Cc3ccc(Br)s3)c2C(=O)Nc2ccc(Cl)cc2)C1. The molecule has 1 aromatic carbocycles. The van der Waals surface area contributed by atoms with Crippen LogP contribution in [0.3, 0.4) is 0 Å². The van der Waals surface area contributed by atoms with Crippen molar-refractivity contribution in [1.29, 1.82) is 0 Å². The van der Waals surface area contributed by atoms with Gasteiger partial charge in [0.05, 0.1) is 9.35 Å². The number of amides is 1. The number of halogens is 2. The van der Waals surface area contributed by atoms with Gasteiger partial charge in [-0.3, -0.25) is 4.79 Å². The molecular weight excluding hydrogens is 512 g/mol. The van der Waals surface area contributed by atoms with E-state index in [1.165, 1.54) is 4.88 Å². The molecule has 3 aromatic rings. The number of benzene rings is 1. The minimum Gasteiger partial charge on any atom is -0.322 e. The maximum atomic E-state index is 13.3. The first-order valence-corrected chi connectivity index (χ1v) is 13.0. The van der Waals surface area contributed by atoms with Gasteiger partial charge in [0.25, 0.3) is 5.91 Å². The Morgan fingerprint density at radius 3 is 2.58 bits per heavy atom. The summed E-state index contributed by atoms with van der Waals surface area (Å²) in [6.07, 6.45) is 4.87. The van der Waals surface area contributed by atoms with Crippen LogP contribution in [-0.2, 0) is 12.8 Å². The molecule has 0 radical (unpaired) electrons. The van der Waals surface area contributed by atoms with Gasteiger partial charge in [0.2, 0.25) is 0 Å². The molecule has 0 unspecified atom stereocenters. The highest BCUT2D eigenvalue weighted by molar-refractivity contribution is 9.11. The van der Waals surface area contributed by atoms with Crippen molar-refractivity contribution in [2.75, 3.05) is 5.32 Å². The zero-order chi connectivity index (χ0) is 22.2. The molecule has 162 valence electrons. The monoisotopic (exact) mass is 534 g/mol. The Kier molecular flexibility index (Phi) is 6.73. The molecule has 1 N–H and O–H groups in total. The molecule has 0 fully saturated rings. The van der Waals surface area contributed by atoms with Crippen LogP contribution < -0.4 is 5.32 Å². The molecule has 1 amide bonds. The van der Waals surface area contributed by atoms with Crippen LogP contribution in [0.1, 0.15) is 52.9 Å². The highest BCUT2D eigenvalue weighted by Crippen LogP contribution is 2.45. The molecule has 0 aliphatic heterocycles. The van der Waals surface area contributed by atoms with Crippen LogP contribution in [0.25, 0.3) is 0 Å². The van der Waals surface area contributed by atoms with Crippen LogP contribution in [0.2, 0.25) is 5.02 Å². The number of hydrogen-bond donors (Lipinski definition) is 1. The number of nitrogens with zero attached hydrogens (tertiary/aromatic N) is 1. The molecule has 3 nitrogen and oxygen atoms in total. The van der Waals surface area contributed by atoms with Crippen molar-refractivity contribution in [3.8, 4) is 0 Å². The third kappa shape index (κ3) is 5.30. The summed E-state index contributed by atoms with van der Waals surface area (Å²) in [5.41, 5.74) is 2.86. The molecule has 1 atom stereocenters. The number of carbonyl (C=O) groups excluding carboxylic acids is 1. The highest BCUT2D eigenvalue weighted by Gasteiger charge is 2.33. The van der Waals surface area contributed by atoms with Crippen molar-refractivity contribution in [1.82, 2.24) is 0 Å². The van der Waals surface area contributed by atoms with Crippen molar-refractivity contribution in [2.24, 2.45) is 16.3 Å². The summed E-state index contributed by atoms with van der Waals surface area (Å²) in [6.45, 7) is 6.91. The van der Waals surface area contributed by atoms with Gasteiger partial charge in [-0.15, -0.1) is 22.7 Å². The highest BCUT2D eigenvalue weighted by atomic mass is 79.9. The summed E-state index contributed by atoms with van der Waals surface area (Å²) < 4.78 is 1.06. The maximum Gasteiger partial charge on any atom is 0.259 e. The Morgan fingerprint density at radius 2 is 1.94 bits per heavy atom. The molecule has 31 heavy (non-hydrogen) atoms. The van der Waals surface area contributed by atoms with E-state index in [9.17, 15) is 4.79 Å². The van der Waals surface area contributed by atoms with Crippen molar-refractivity contribution in [2.45, 2.75) is 40.0 Å². The van der Waals surface area contributed by atoms with Crippen LogP contribution in [0.5, 0.6) is 0 Å². The number of rotatable bonds is 4. The zero-order valence-electron chi connectivity index (χ0n) is 17.7. The largest absolute Gasteiger partial charge is 0.322 e. The van der Waals surface area contributed by atoms with Crippen LogP contribution in [0.4, 0.5) is 10.7 Å². The lowest BCUT2D eigenvalue weighted by Crippen LogP contribution is -2.27. The summed E-state index contributed by atoms with van der Waals surface area (Å²) in [5.74, 6) is 0.504. The van der Waals surface area contributed by atoms with E-state index < -0.39 is 0 Å². The smallest absolute Gasteiger partial charge is 0.259 e. The maximum absolute atomic E-state index is 13.3. The second kappa shape index (κ2) is 9.18. The lowest BCUT2D eigenvalue weighted by atomic mass is 9.72. The minimum atomic E-state index is -0.103. The molecule has 7 heteroatoms. The molecule has 0 saturated carbocycles. The van der Waals surface area contributed by atoms with Gasteiger partial charge in [0, 0.05) is 26.7 Å². The first-order valence-electron chi connectivity index (χ1n) is 10.2. The Hall–Kier alpha value is -1.47. The number of nitrogens with one attached hydrogen (secondary N) is 1. The number of fused-ring (bicyclic) bond motifs is 1. The normalized spacial score (nSPS) is 16.5. The summed E-state index contributed by atoms with van der Waals surface area (Å²) in [5, 5.41) is 4.47. The van der Waals surface area contributed by atoms with Gasteiger partial charge >= 0.3 is 0 Å². The Labute approximate surface area is 204 Å². The first kappa shape index (κ1) is 22.7. The third-order valence-corrected chi connectivity index (χ3v) is 8.68. The van der Waals surface area contributed by atoms with Gasteiger partial charge in [-0.2, -0.15) is 0 Å². The van der Waals surface area contributed by atoms with E-state index in [0.717, 1.165) is 44.2 Å². The Morgan fingerprint density at radius 1 is 1.19 bits per heavy atom. The summed E-state index contributed by atoms with van der Waals surface area (Å²) in [7, 11) is 0. The van der Waals surface area contributed by atoms with E-state index >= 15 is 0 Å². The lowest BCUT2D eigenvalue weighted by molar-refractivity contribution is 0.102. The fourth-order valence-electron chi connectivity index (χ4n) is 3.88. The van der Waals surface area contributed by atoms with Gasteiger partial charge in [-0.05, 0) is 88.5 Å². The quantitative estimate of drug-likeness (QED) is 0.335. The minimum absolute atomic E-state index is 0.103. The van der Waals surface area contributed by atoms with Crippen LogP contribution in [-0.4, -0.2) is 12.1 Å². The number of anilines is 1. The zero-order valence-corrected chi connectivity index (χ0v) is 21.6. The standard InChI is InChI=1S/C24H24BrClN2OS2/c1-24(2,3)14-4-10-18-19(12-14)31-23(27-13-17-9-11-20(25)30-17)21(18)22(29)28-16-7-5-15(26)6-8-16/h5-9,11,13-14H,4,10,12H2,1-3H3,(H,28,29)/t14-/m0/s1. The molecule has 1 aliphatic carbocycles. The van der Waals surface area contributed by atoms with Gasteiger partial charge in [-0.25, -0.2) is 4.99 Å². The van der Waals surface area contributed by atoms with E-state index in [2.05, 4.69) is 42.0 Å². The number of hydrogen-bond acceptors (Lipinski definition) is 4. The van der Waals surface area contributed by atoms with Crippen LogP contribution in [0, 0.1) is 11.3 Å². The van der Waals surface area contributed by atoms with Gasteiger partial charge in [0.1, 0.15) is 5.00 Å². The average molecular weight is 536 g/mol. The van der Waals surface area contributed by atoms with Crippen LogP contribution in [0.15, 0.2) is 45.2 Å². The molecule has 1 aliphatic rings. The fraction of sp³-hybridized carbons (Fsp3) is 0.333. The molecule has 2 aromatic heterocycles. The summed E-state index contributed by atoms with van der Waals surface area (Å²) in [4.78, 5) is 20.4. The molecule has 2 heterocycles. The molecule has 0 spiro atoms. The van der Waals surface area contributed by atoms with Gasteiger partial charge < -0.3 is 5.32 Å². The third-order valence-electron chi connectivity index (χ3n) is 5.70. The number of carbonyl (C=O) groups is 1. The predicted molar refractivity (Wildman–Crippen MR) is 138 cm³/mol. The summed E-state index contributed by atoms with van der Waals surface area (Å²) in [6, 6.07) is 11.2. The molecule has 4 rings (SSSR count). The Balaban J connectivity index is 1.69. The fourth-order valence-corrected chi connectivity index (χ4v) is 6.57. The van der Waals surface area contributed by atoms with Crippen molar-refractivity contribution in [3.63, 3.8) is 0 Å². The van der Waals surface area contributed by atoms with Gasteiger partial charge in [0.15, 0.2) is 0 Å². The lowest BCUT2D eigenvalue weighted by Gasteiger charge is -2.33. The number of aliphatic imine (C=N–C) groups is 1. The van der Waals surface area contributed by atoms with E-state index in [0.29, 0.717) is 16.5 Å². The molecule has 0 bridgehead atoms. The van der Waals surface area contributed by atoms with Crippen molar-refractivity contribution < 1.29 is 4.79 Å². The van der Waals surface area contributed by atoms with Gasteiger partial charge in [-0.1, -0.05) is 32.4 Å². The second-order valence-electron chi connectivity index (χ2n) is 8.85. The predicted octanol–water partition coefficient (Wildman–Crippen LogP) is 8.38. The van der Waals surface area contributed by atoms with Crippen molar-refractivity contribution >= 4 is 73.0 Å². The van der Waals surface area contributed by atoms with E-state index in [1.54, 1.807) is 34.8 Å². The number of thiophene rings is 2. The van der Waals surface area contributed by atoms with E-state index in [4.69, 9.17) is 16.6 Å². The Bertz CT molecular complexity index is 1130. The molecular formula is C24H24BrClN2OS2. The second-order valence-corrected chi connectivity index (χ2v) is 12.9. The first-order chi connectivity index (χ1) is 14.7. The van der Waals surface area contributed by atoms with E-state index in [-0.39, 0.29) is 11.3 Å². The van der Waals surface area contributed by atoms with E-state index in [1.807, 2.05) is 30.5 Å². The van der Waals surface area contributed by atoms with Crippen LogP contribution >= 0.6 is 50.2 Å². The average Bonchev–Trinajstić information content (AvgIpc) is 3.29. The molecule has 0 saturated heterocycles.